The van der Waals surface area contributed by atoms with Crippen molar-refractivity contribution in [3.05, 3.63) is 145 Å². The van der Waals surface area contributed by atoms with Crippen molar-refractivity contribution in [3.63, 3.8) is 0 Å². The molecule has 0 fully saturated rings. The van der Waals surface area contributed by atoms with Crippen molar-refractivity contribution in [2.45, 2.75) is 6.92 Å². The first-order chi connectivity index (χ1) is 22.1. The second-order valence-corrected chi connectivity index (χ2v) is 14.9. The highest BCUT2D eigenvalue weighted by Crippen LogP contribution is 2.71. The van der Waals surface area contributed by atoms with Gasteiger partial charge in [0.25, 0.3) is 0 Å². The highest BCUT2D eigenvalue weighted by Gasteiger charge is 2.61. The second kappa shape index (κ2) is 8.65. The molecule has 3 aliphatic rings. The number of para-hydroxylation sites is 5. The fourth-order valence-corrected chi connectivity index (χ4v) is 11.7. The number of nitrogens with zero attached hydrogens (tertiary/aromatic N) is 4. The van der Waals surface area contributed by atoms with Crippen molar-refractivity contribution >= 4 is 74.5 Å². The molecule has 0 saturated carbocycles. The number of anilines is 2. The van der Waals surface area contributed by atoms with Gasteiger partial charge in [-0.1, -0.05) is 79.4 Å². The van der Waals surface area contributed by atoms with Gasteiger partial charge in [0.05, 0.1) is 22.1 Å². The largest absolute Gasteiger partial charge is 0.465 e. The zero-order chi connectivity index (χ0) is 30.0. The van der Waals surface area contributed by atoms with Gasteiger partial charge in [0.2, 0.25) is 0 Å². The Morgan fingerprint density at radius 1 is 0.756 bits per heavy atom. The van der Waals surface area contributed by atoms with Gasteiger partial charge >= 0.3 is 6.70 Å². The molecule has 0 radical (unpaired) electrons. The lowest BCUT2D eigenvalue weighted by atomic mass is 9.92. The van der Waals surface area contributed by atoms with E-state index in [0.717, 1.165) is 72.3 Å². The number of imidazole rings is 1. The third kappa shape index (κ3) is 2.96. The van der Waals surface area contributed by atoms with Gasteiger partial charge in [-0.2, -0.15) is 0 Å². The average Bonchev–Trinajstić information content (AvgIpc) is 3.77. The smallest absolute Gasteiger partial charge is 0.358 e. The molecule has 212 valence electrons. The van der Waals surface area contributed by atoms with Crippen LogP contribution in [0.5, 0.6) is 0 Å². The third-order valence-electron chi connectivity index (χ3n) is 9.91. The molecule has 0 aliphatic carbocycles. The van der Waals surface area contributed by atoms with Gasteiger partial charge in [-0.05, 0) is 78.0 Å². The van der Waals surface area contributed by atoms with Crippen LogP contribution in [0.2, 0.25) is 0 Å². The molecule has 1 unspecified atom stereocenters. The van der Waals surface area contributed by atoms with Crippen LogP contribution in [0.1, 0.15) is 12.5 Å². The molecule has 7 heteroatoms. The zero-order valence-electron chi connectivity index (χ0n) is 24.6. The first-order valence-electron chi connectivity index (χ1n) is 15.2. The molecular formula is C38H26BN4OP. The van der Waals surface area contributed by atoms with Gasteiger partial charge < -0.3 is 18.4 Å². The van der Waals surface area contributed by atoms with Crippen LogP contribution < -0.4 is 10.1 Å². The summed E-state index contributed by atoms with van der Waals surface area (Å²) < 4.78 is 20.6. The number of benzene rings is 5. The predicted octanol–water partition coefficient (Wildman–Crippen LogP) is 9.27. The molecule has 5 nitrogen and oxygen atoms in total. The Hall–Kier alpha value is -5.32. The molecule has 0 N–H and O–H groups in total. The van der Waals surface area contributed by atoms with Crippen LogP contribution in [-0.2, 0) is 4.57 Å². The summed E-state index contributed by atoms with van der Waals surface area (Å²) in [6.45, 7) is 5.91. The molecule has 0 spiro atoms. The van der Waals surface area contributed by atoms with E-state index >= 15 is 4.57 Å². The van der Waals surface area contributed by atoms with E-state index in [4.69, 9.17) is 4.98 Å². The quantitative estimate of drug-likeness (QED) is 0.116. The van der Waals surface area contributed by atoms with E-state index in [2.05, 4.69) is 130 Å². The van der Waals surface area contributed by atoms with E-state index in [1.54, 1.807) is 0 Å². The summed E-state index contributed by atoms with van der Waals surface area (Å²) in [5.41, 5.74) is 10.3. The number of hydrogen-bond acceptors (Lipinski definition) is 3. The fourth-order valence-electron chi connectivity index (χ4n) is 8.03. The molecule has 10 rings (SSSR count). The van der Waals surface area contributed by atoms with Crippen molar-refractivity contribution < 1.29 is 4.57 Å². The molecule has 0 amide bonds. The minimum Gasteiger partial charge on any atom is -0.358 e. The average molecular weight is 596 g/mol. The molecule has 1 atom stereocenters. The van der Waals surface area contributed by atoms with Crippen LogP contribution in [0, 0.1) is 0 Å². The zero-order valence-corrected chi connectivity index (χ0v) is 25.4. The first-order valence-corrected chi connectivity index (χ1v) is 17.0. The summed E-state index contributed by atoms with van der Waals surface area (Å²) in [4.78, 5) is 7.41. The minimum absolute atomic E-state index is 0.433. The van der Waals surface area contributed by atoms with Gasteiger partial charge in [-0.3, -0.25) is 0 Å². The van der Waals surface area contributed by atoms with Crippen molar-refractivity contribution in [2.75, 3.05) is 4.81 Å². The Morgan fingerprint density at radius 3 is 2.13 bits per heavy atom. The highest BCUT2D eigenvalue weighted by molar-refractivity contribution is 8.05. The summed E-state index contributed by atoms with van der Waals surface area (Å²) in [5, 5.41) is 4.26. The van der Waals surface area contributed by atoms with Crippen LogP contribution in [0.4, 0.5) is 11.4 Å². The molecule has 5 heterocycles. The van der Waals surface area contributed by atoms with Crippen molar-refractivity contribution in [1.82, 2.24) is 14.0 Å². The highest BCUT2D eigenvalue weighted by atomic mass is 31.2. The van der Waals surface area contributed by atoms with E-state index in [9.17, 15) is 0 Å². The molecule has 0 bridgehead atoms. The molecule has 45 heavy (non-hydrogen) atoms. The standard InChI is InChI=1S/C38H26BN4OP/c1-3-25(41-32-18-8-4-13-26(32)27-14-5-9-19-33(27)41)23-30-24(2)45(44)37-28(30)16-12-22-36(37)42-34-20-10-6-15-29(34)38-40-31-17-7-11-21-35(31)43(38)39(42)45/h3-23H,1H2,2H3/b25-23+. The predicted molar refractivity (Wildman–Crippen MR) is 189 cm³/mol. The van der Waals surface area contributed by atoms with Gasteiger partial charge in [0.15, 0.2) is 7.02 Å². The lowest BCUT2D eigenvalue weighted by Gasteiger charge is -2.35. The Kier molecular flexibility index (Phi) is 4.82. The summed E-state index contributed by atoms with van der Waals surface area (Å²) in [5.74, 6) is 0.867. The first kappa shape index (κ1) is 25.1. The van der Waals surface area contributed by atoms with Gasteiger partial charge in [0.1, 0.15) is 5.82 Å². The Balaban J connectivity index is 1.27. The maximum absolute atomic E-state index is 16.0. The van der Waals surface area contributed by atoms with Crippen LogP contribution >= 0.6 is 7.02 Å². The number of hydrogen-bond donors (Lipinski definition) is 0. The second-order valence-electron chi connectivity index (χ2n) is 12.0. The Morgan fingerprint density at radius 2 is 1.38 bits per heavy atom. The number of aromatic nitrogens is 3. The monoisotopic (exact) mass is 596 g/mol. The Labute approximate surface area is 260 Å². The molecule has 0 saturated heterocycles. The summed E-state index contributed by atoms with van der Waals surface area (Å²) >= 11 is 0. The minimum atomic E-state index is -3.19. The molecule has 2 aromatic heterocycles. The van der Waals surface area contributed by atoms with Crippen molar-refractivity contribution in [3.8, 4) is 11.4 Å². The Bertz CT molecular complexity index is 2530. The number of fused-ring (bicyclic) bond motifs is 13. The number of rotatable bonds is 3. The van der Waals surface area contributed by atoms with E-state index in [0.29, 0.717) is 0 Å². The van der Waals surface area contributed by atoms with E-state index < -0.39 is 13.7 Å². The summed E-state index contributed by atoms with van der Waals surface area (Å²) in [6, 6.07) is 39.9. The molecule has 7 aromatic rings. The molecule has 5 aromatic carbocycles. The van der Waals surface area contributed by atoms with Crippen LogP contribution in [0.15, 0.2) is 139 Å². The van der Waals surface area contributed by atoms with Gasteiger partial charge in [0, 0.05) is 38.7 Å². The summed E-state index contributed by atoms with van der Waals surface area (Å²) in [7, 11) is -3.19. The van der Waals surface area contributed by atoms with E-state index in [1.165, 1.54) is 10.8 Å². The maximum atomic E-state index is 16.0. The van der Waals surface area contributed by atoms with Gasteiger partial charge in [-0.15, -0.1) is 0 Å². The topological polar surface area (TPSA) is 43.1 Å². The van der Waals surface area contributed by atoms with Crippen LogP contribution in [-0.4, -0.2) is 20.7 Å². The van der Waals surface area contributed by atoms with Gasteiger partial charge in [-0.25, -0.2) is 4.98 Å². The third-order valence-corrected chi connectivity index (χ3v) is 13.4. The van der Waals surface area contributed by atoms with Crippen molar-refractivity contribution in [1.29, 1.82) is 0 Å². The van der Waals surface area contributed by atoms with Crippen LogP contribution in [0.25, 0.3) is 55.5 Å². The van der Waals surface area contributed by atoms with Crippen molar-refractivity contribution in [2.24, 2.45) is 0 Å². The van der Waals surface area contributed by atoms with Crippen LogP contribution in [0.3, 0.4) is 0 Å². The normalized spacial score (nSPS) is 18.1. The SMILES string of the molecule is C=C/C(=C\C1=C(C)P2(=O)B3N(c4ccccc4-c4nc5ccccc5n43)c3cccc1c32)n1c2ccccc2c2ccccc21. The molecular weight excluding hydrogens is 570 g/mol. The maximum Gasteiger partial charge on any atom is 0.465 e. The van der Waals surface area contributed by atoms with E-state index in [1.807, 2.05) is 24.3 Å². The lowest BCUT2D eigenvalue weighted by Crippen LogP contribution is -2.42. The fraction of sp³-hybridized carbons (Fsp3) is 0.0263. The molecule has 3 aliphatic heterocycles. The van der Waals surface area contributed by atoms with E-state index in [-0.39, 0.29) is 0 Å². The lowest BCUT2D eigenvalue weighted by molar-refractivity contribution is 0.592. The number of allylic oxidation sites excluding steroid dienone is 5. The summed E-state index contributed by atoms with van der Waals surface area (Å²) in [6.07, 6.45) is 4.12.